The van der Waals surface area contributed by atoms with Gasteiger partial charge >= 0.3 is 0 Å². The summed E-state index contributed by atoms with van der Waals surface area (Å²) < 4.78 is 0. The Labute approximate surface area is 91.9 Å². The molecule has 0 aromatic heterocycles. The predicted molar refractivity (Wildman–Crippen MR) is 62.9 cm³/mol. The van der Waals surface area contributed by atoms with Gasteiger partial charge in [-0.3, -0.25) is 0 Å². The third kappa shape index (κ3) is 1.41. The van der Waals surface area contributed by atoms with Gasteiger partial charge in [0.15, 0.2) is 0 Å². The maximum Gasteiger partial charge on any atom is 0.0190 e. The van der Waals surface area contributed by atoms with Crippen LogP contribution in [0.3, 0.4) is 0 Å². The lowest BCUT2D eigenvalue weighted by Crippen LogP contribution is -2.43. The predicted octanol–water partition coefficient (Wildman–Crippen LogP) is 2.57. The third-order valence-electron chi connectivity index (χ3n) is 4.30. The smallest absolute Gasteiger partial charge is 0.0190 e. The van der Waals surface area contributed by atoms with E-state index in [1.165, 1.54) is 18.5 Å². The number of nitrogens with one attached hydrogen (secondary N) is 1. The Hall–Kier alpha value is -0.820. The minimum Gasteiger partial charge on any atom is -0.313 e. The number of hydrogen-bond acceptors (Lipinski definition) is 1. The van der Waals surface area contributed by atoms with E-state index in [0.29, 0.717) is 6.04 Å². The standard InChI is InChI=1S/C14H19N/c1-14(2,11-6-4-3-5-7-11)13-12-8-10(12)9-15-13/h3-7,10,12-13,15H,8-9H2,1-2H3. The molecule has 1 aliphatic carbocycles. The highest BCUT2D eigenvalue weighted by molar-refractivity contribution is 5.28. The van der Waals surface area contributed by atoms with Crippen LogP contribution in [0.15, 0.2) is 30.3 Å². The van der Waals surface area contributed by atoms with Crippen LogP contribution in [0.2, 0.25) is 0 Å². The van der Waals surface area contributed by atoms with Crippen molar-refractivity contribution in [3.8, 4) is 0 Å². The van der Waals surface area contributed by atoms with Gasteiger partial charge in [0.05, 0.1) is 0 Å². The summed E-state index contributed by atoms with van der Waals surface area (Å²) in [5, 5.41) is 3.69. The molecule has 3 atom stereocenters. The monoisotopic (exact) mass is 201 g/mol. The maximum atomic E-state index is 3.69. The largest absolute Gasteiger partial charge is 0.313 e. The van der Waals surface area contributed by atoms with Crippen LogP contribution in [0.25, 0.3) is 0 Å². The lowest BCUT2D eigenvalue weighted by Gasteiger charge is -2.34. The van der Waals surface area contributed by atoms with Crippen molar-refractivity contribution in [3.05, 3.63) is 35.9 Å². The first-order valence-electron chi connectivity index (χ1n) is 5.98. The number of piperidine rings is 1. The van der Waals surface area contributed by atoms with Crippen molar-refractivity contribution < 1.29 is 0 Å². The summed E-state index contributed by atoms with van der Waals surface area (Å²) in [6, 6.07) is 11.6. The highest BCUT2D eigenvalue weighted by Crippen LogP contribution is 2.50. The van der Waals surface area contributed by atoms with Crippen LogP contribution in [-0.2, 0) is 5.41 Å². The highest BCUT2D eigenvalue weighted by atomic mass is 15.0. The average molecular weight is 201 g/mol. The summed E-state index contributed by atoms with van der Waals surface area (Å²) in [6.45, 7) is 5.99. The first-order chi connectivity index (χ1) is 7.19. The molecule has 1 nitrogen and oxygen atoms in total. The Morgan fingerprint density at radius 1 is 1.20 bits per heavy atom. The Morgan fingerprint density at radius 3 is 2.47 bits per heavy atom. The van der Waals surface area contributed by atoms with Crippen LogP contribution in [0.5, 0.6) is 0 Å². The second-order valence-electron chi connectivity index (χ2n) is 5.63. The topological polar surface area (TPSA) is 12.0 Å². The molecule has 80 valence electrons. The summed E-state index contributed by atoms with van der Waals surface area (Å²) in [7, 11) is 0. The lowest BCUT2D eigenvalue weighted by molar-refractivity contribution is 0.343. The zero-order valence-electron chi connectivity index (χ0n) is 9.53. The van der Waals surface area contributed by atoms with Gasteiger partial charge in [-0.1, -0.05) is 44.2 Å². The van der Waals surface area contributed by atoms with Crippen LogP contribution in [-0.4, -0.2) is 12.6 Å². The van der Waals surface area contributed by atoms with Gasteiger partial charge in [-0.2, -0.15) is 0 Å². The van der Waals surface area contributed by atoms with E-state index in [1.807, 2.05) is 0 Å². The summed E-state index contributed by atoms with van der Waals surface area (Å²) in [5.41, 5.74) is 1.74. The lowest BCUT2D eigenvalue weighted by atomic mass is 9.76. The second-order valence-corrected chi connectivity index (χ2v) is 5.63. The van der Waals surface area contributed by atoms with E-state index >= 15 is 0 Å². The van der Waals surface area contributed by atoms with E-state index in [4.69, 9.17) is 0 Å². The van der Waals surface area contributed by atoms with E-state index in [9.17, 15) is 0 Å². The number of rotatable bonds is 2. The minimum absolute atomic E-state index is 0.275. The molecule has 3 unspecified atom stereocenters. The van der Waals surface area contributed by atoms with Crippen LogP contribution in [0.4, 0.5) is 0 Å². The number of fused-ring (bicyclic) bond motifs is 1. The van der Waals surface area contributed by atoms with Gasteiger partial charge in [0.2, 0.25) is 0 Å². The van der Waals surface area contributed by atoms with Gasteiger partial charge in [0.1, 0.15) is 0 Å². The Bertz CT molecular complexity index is 355. The molecule has 1 heterocycles. The SMILES string of the molecule is CC(C)(c1ccccc1)C1NCC2CC21. The molecule has 1 heteroatoms. The molecule has 3 rings (SSSR count). The van der Waals surface area contributed by atoms with Crippen LogP contribution in [0, 0.1) is 11.8 Å². The van der Waals surface area contributed by atoms with Crippen molar-refractivity contribution in [2.75, 3.05) is 6.54 Å². The first-order valence-corrected chi connectivity index (χ1v) is 5.98. The van der Waals surface area contributed by atoms with Gasteiger partial charge in [-0.05, 0) is 30.4 Å². The molecule has 1 aromatic carbocycles. The summed E-state index contributed by atoms with van der Waals surface area (Å²) in [4.78, 5) is 0. The van der Waals surface area contributed by atoms with Gasteiger partial charge in [-0.15, -0.1) is 0 Å². The normalized spacial score (nSPS) is 33.9. The molecule has 2 aliphatic rings. The van der Waals surface area contributed by atoms with Crippen molar-refractivity contribution >= 4 is 0 Å². The van der Waals surface area contributed by atoms with Crippen LogP contribution >= 0.6 is 0 Å². The summed E-state index contributed by atoms with van der Waals surface area (Å²) >= 11 is 0. The zero-order chi connectivity index (χ0) is 10.5. The van der Waals surface area contributed by atoms with Gasteiger partial charge in [0.25, 0.3) is 0 Å². The Morgan fingerprint density at radius 2 is 1.93 bits per heavy atom. The number of benzene rings is 1. The molecule has 0 bridgehead atoms. The fourth-order valence-corrected chi connectivity index (χ4v) is 3.18. The Kier molecular flexibility index (Phi) is 1.93. The van der Waals surface area contributed by atoms with E-state index in [2.05, 4.69) is 49.5 Å². The summed E-state index contributed by atoms with van der Waals surface area (Å²) in [6.07, 6.45) is 1.45. The zero-order valence-corrected chi connectivity index (χ0v) is 9.53. The molecule has 0 spiro atoms. The minimum atomic E-state index is 0.275. The van der Waals surface area contributed by atoms with E-state index in [-0.39, 0.29) is 5.41 Å². The molecular formula is C14H19N. The molecule has 1 saturated heterocycles. The van der Waals surface area contributed by atoms with E-state index in [0.717, 1.165) is 11.8 Å². The molecule has 0 radical (unpaired) electrons. The van der Waals surface area contributed by atoms with Gasteiger partial charge < -0.3 is 5.32 Å². The average Bonchev–Trinajstić information content (AvgIpc) is 2.90. The maximum absolute atomic E-state index is 3.69. The number of hydrogen-bond donors (Lipinski definition) is 1. The second kappa shape index (κ2) is 3.08. The van der Waals surface area contributed by atoms with Gasteiger partial charge in [-0.25, -0.2) is 0 Å². The van der Waals surface area contributed by atoms with Crippen molar-refractivity contribution in [1.29, 1.82) is 0 Å². The molecule has 1 N–H and O–H groups in total. The first kappa shape index (κ1) is 9.41. The molecule has 1 aromatic rings. The van der Waals surface area contributed by atoms with Crippen molar-refractivity contribution in [3.63, 3.8) is 0 Å². The molecule has 1 saturated carbocycles. The molecule has 0 amide bonds. The van der Waals surface area contributed by atoms with Crippen LogP contribution < -0.4 is 5.32 Å². The van der Waals surface area contributed by atoms with Crippen molar-refractivity contribution in [1.82, 2.24) is 5.32 Å². The van der Waals surface area contributed by atoms with Crippen molar-refractivity contribution in [2.45, 2.75) is 31.7 Å². The summed E-state index contributed by atoms with van der Waals surface area (Å²) in [5.74, 6) is 1.93. The fourth-order valence-electron chi connectivity index (χ4n) is 3.18. The fraction of sp³-hybridized carbons (Fsp3) is 0.571. The van der Waals surface area contributed by atoms with Crippen molar-refractivity contribution in [2.24, 2.45) is 11.8 Å². The van der Waals surface area contributed by atoms with E-state index < -0.39 is 0 Å². The third-order valence-corrected chi connectivity index (χ3v) is 4.30. The molecule has 15 heavy (non-hydrogen) atoms. The highest BCUT2D eigenvalue weighted by Gasteiger charge is 2.53. The van der Waals surface area contributed by atoms with Gasteiger partial charge in [0, 0.05) is 11.5 Å². The quantitative estimate of drug-likeness (QED) is 0.775. The van der Waals surface area contributed by atoms with Crippen LogP contribution in [0.1, 0.15) is 25.8 Å². The van der Waals surface area contributed by atoms with E-state index in [1.54, 1.807) is 0 Å². The Balaban J connectivity index is 1.89. The molecular weight excluding hydrogens is 182 g/mol. The molecule has 1 aliphatic heterocycles. The molecule has 2 fully saturated rings.